The Hall–Kier alpha value is -0.200. The van der Waals surface area contributed by atoms with E-state index in [2.05, 4.69) is 0 Å². The van der Waals surface area contributed by atoms with Crippen molar-refractivity contribution in [3.8, 4) is 0 Å². The molecule has 0 aromatic heterocycles. The molecule has 2 saturated heterocycles. The zero-order valence-electron chi connectivity index (χ0n) is 7.60. The molecule has 2 aliphatic heterocycles. The summed E-state index contributed by atoms with van der Waals surface area (Å²) < 4.78 is 10.3. The van der Waals surface area contributed by atoms with E-state index in [4.69, 9.17) is 9.47 Å². The van der Waals surface area contributed by atoms with Gasteiger partial charge in [0.05, 0.1) is 6.61 Å². The number of fused-ring (bicyclic) bond motifs is 2. The molecule has 2 rings (SSSR count). The van der Waals surface area contributed by atoms with Crippen LogP contribution >= 0.6 is 0 Å². The van der Waals surface area contributed by atoms with Gasteiger partial charge >= 0.3 is 0 Å². The molecule has 3 N–H and O–H groups in total. The molecule has 0 spiro atoms. The van der Waals surface area contributed by atoms with E-state index in [1.165, 1.54) is 13.8 Å². The van der Waals surface area contributed by atoms with Gasteiger partial charge in [0, 0.05) is 0 Å². The predicted octanol–water partition coefficient (Wildman–Crippen LogP) is -1.40. The van der Waals surface area contributed by atoms with Crippen molar-refractivity contribution in [2.75, 3.05) is 6.61 Å². The van der Waals surface area contributed by atoms with Crippen LogP contribution in [-0.4, -0.2) is 51.6 Å². The van der Waals surface area contributed by atoms with Crippen molar-refractivity contribution in [2.45, 2.75) is 43.5 Å². The Morgan fingerprint density at radius 3 is 2.46 bits per heavy atom. The maximum absolute atomic E-state index is 9.85. The largest absolute Gasteiger partial charge is 0.387 e. The minimum Gasteiger partial charge on any atom is -0.387 e. The van der Waals surface area contributed by atoms with Crippen LogP contribution in [0.5, 0.6) is 0 Å². The Labute approximate surface area is 75.9 Å². The van der Waals surface area contributed by atoms with E-state index in [9.17, 15) is 15.3 Å². The highest BCUT2D eigenvalue weighted by atomic mass is 16.7. The first-order valence-electron chi connectivity index (χ1n) is 4.26. The summed E-state index contributed by atoms with van der Waals surface area (Å²) in [5, 5.41) is 29.3. The fraction of sp³-hybridized carbons (Fsp3) is 1.00. The molecule has 2 bridgehead atoms. The van der Waals surface area contributed by atoms with Crippen LogP contribution in [-0.2, 0) is 9.47 Å². The standard InChI is InChI=1S/C8H14O5/c1-7(10)4-3-12-6(13-4)8(2,11)5(7)9/h4-6,9-11H,3H2,1-2H3/t4-,5+,6-,7+,8+/m1/s1. The highest BCUT2D eigenvalue weighted by Crippen LogP contribution is 2.40. The van der Waals surface area contributed by atoms with Gasteiger partial charge in [0.25, 0.3) is 0 Å². The summed E-state index contributed by atoms with van der Waals surface area (Å²) in [6.45, 7) is 3.02. The molecular formula is C8H14O5. The van der Waals surface area contributed by atoms with Crippen LogP contribution < -0.4 is 0 Å². The van der Waals surface area contributed by atoms with Crippen molar-refractivity contribution < 1.29 is 24.8 Å². The fourth-order valence-electron chi connectivity index (χ4n) is 1.91. The van der Waals surface area contributed by atoms with Crippen LogP contribution in [0, 0.1) is 0 Å². The van der Waals surface area contributed by atoms with Gasteiger partial charge < -0.3 is 24.8 Å². The Morgan fingerprint density at radius 1 is 1.23 bits per heavy atom. The molecule has 13 heavy (non-hydrogen) atoms. The summed E-state index contributed by atoms with van der Waals surface area (Å²) in [6.07, 6.45) is -2.66. The van der Waals surface area contributed by atoms with E-state index in [0.29, 0.717) is 0 Å². The van der Waals surface area contributed by atoms with E-state index < -0.39 is 29.7 Å². The number of aliphatic hydroxyl groups excluding tert-OH is 1. The van der Waals surface area contributed by atoms with Crippen LogP contribution in [0.1, 0.15) is 13.8 Å². The lowest BCUT2D eigenvalue weighted by Gasteiger charge is -2.45. The zero-order chi connectivity index (χ0) is 9.85. The number of ether oxygens (including phenoxy) is 2. The maximum Gasteiger partial charge on any atom is 0.189 e. The number of hydrogen-bond acceptors (Lipinski definition) is 5. The SMILES string of the molecule is C[C@@]1(O)[C@@H]2OC[C@@H](O2)[C@](C)(O)[C@@H]1O. The summed E-state index contributed by atoms with van der Waals surface area (Å²) in [7, 11) is 0. The molecule has 0 amide bonds. The van der Waals surface area contributed by atoms with Crippen LogP contribution in [0.4, 0.5) is 0 Å². The van der Waals surface area contributed by atoms with Crippen molar-refractivity contribution in [3.05, 3.63) is 0 Å². The number of rotatable bonds is 0. The van der Waals surface area contributed by atoms with E-state index in [-0.39, 0.29) is 6.61 Å². The number of aliphatic hydroxyl groups is 3. The van der Waals surface area contributed by atoms with Gasteiger partial charge in [0.15, 0.2) is 6.29 Å². The molecule has 0 saturated carbocycles. The smallest absolute Gasteiger partial charge is 0.189 e. The second-order valence-electron chi connectivity index (χ2n) is 4.14. The molecule has 0 aromatic carbocycles. The molecule has 0 radical (unpaired) electrons. The summed E-state index contributed by atoms with van der Waals surface area (Å²) in [4.78, 5) is 0. The molecule has 2 heterocycles. The van der Waals surface area contributed by atoms with Crippen LogP contribution in [0.3, 0.4) is 0 Å². The fourth-order valence-corrected chi connectivity index (χ4v) is 1.91. The molecule has 0 aliphatic carbocycles. The average Bonchev–Trinajstić information content (AvgIpc) is 2.48. The zero-order valence-corrected chi connectivity index (χ0v) is 7.60. The molecule has 5 nitrogen and oxygen atoms in total. The van der Waals surface area contributed by atoms with Crippen molar-refractivity contribution >= 4 is 0 Å². The Balaban J connectivity index is 2.36. The lowest BCUT2D eigenvalue weighted by Crippen LogP contribution is -2.67. The first-order valence-corrected chi connectivity index (χ1v) is 4.26. The molecule has 5 heteroatoms. The quantitative estimate of drug-likeness (QED) is 0.438. The third-order valence-corrected chi connectivity index (χ3v) is 2.92. The second-order valence-corrected chi connectivity index (χ2v) is 4.14. The summed E-state index contributed by atoms with van der Waals surface area (Å²) in [5.41, 5.74) is -3.02. The van der Waals surface area contributed by atoms with Gasteiger partial charge in [-0.1, -0.05) is 0 Å². The van der Waals surface area contributed by atoms with Gasteiger partial charge in [-0.3, -0.25) is 0 Å². The van der Waals surface area contributed by atoms with Crippen LogP contribution in [0.25, 0.3) is 0 Å². The van der Waals surface area contributed by atoms with Gasteiger partial charge in [0.2, 0.25) is 0 Å². The summed E-state index contributed by atoms with van der Waals surface area (Å²) >= 11 is 0. The molecule has 0 unspecified atom stereocenters. The van der Waals surface area contributed by atoms with Gasteiger partial charge in [-0.2, -0.15) is 0 Å². The first-order chi connectivity index (χ1) is 5.87. The van der Waals surface area contributed by atoms with E-state index >= 15 is 0 Å². The molecule has 0 aromatic rings. The van der Waals surface area contributed by atoms with E-state index in [1.54, 1.807) is 0 Å². The maximum atomic E-state index is 9.85. The van der Waals surface area contributed by atoms with Crippen LogP contribution in [0.15, 0.2) is 0 Å². The molecule has 2 fully saturated rings. The summed E-state index contributed by atoms with van der Waals surface area (Å²) in [5.74, 6) is 0. The summed E-state index contributed by atoms with van der Waals surface area (Å²) in [6, 6.07) is 0. The predicted molar refractivity (Wildman–Crippen MR) is 41.9 cm³/mol. The van der Waals surface area contributed by atoms with Gasteiger partial charge in [-0.15, -0.1) is 0 Å². The molecule has 76 valence electrons. The van der Waals surface area contributed by atoms with E-state index in [1.807, 2.05) is 0 Å². The highest BCUT2D eigenvalue weighted by molar-refractivity contribution is 5.07. The lowest BCUT2D eigenvalue weighted by atomic mass is 9.80. The minimum absolute atomic E-state index is 0.199. The van der Waals surface area contributed by atoms with E-state index in [0.717, 1.165) is 0 Å². The van der Waals surface area contributed by atoms with Crippen molar-refractivity contribution in [1.29, 1.82) is 0 Å². The monoisotopic (exact) mass is 190 g/mol. The average molecular weight is 190 g/mol. The van der Waals surface area contributed by atoms with Gasteiger partial charge in [-0.25, -0.2) is 0 Å². The Bertz CT molecular complexity index is 203. The van der Waals surface area contributed by atoms with Gasteiger partial charge in [0.1, 0.15) is 23.4 Å². The lowest BCUT2D eigenvalue weighted by molar-refractivity contribution is -0.301. The normalized spacial score (nSPS) is 61.2. The third kappa shape index (κ3) is 1.05. The Kier molecular flexibility index (Phi) is 1.75. The highest BCUT2D eigenvalue weighted by Gasteiger charge is 2.61. The topological polar surface area (TPSA) is 79.2 Å². The molecule has 5 atom stereocenters. The number of hydrogen-bond donors (Lipinski definition) is 3. The van der Waals surface area contributed by atoms with Crippen molar-refractivity contribution in [3.63, 3.8) is 0 Å². The van der Waals surface area contributed by atoms with Gasteiger partial charge in [-0.05, 0) is 13.8 Å². The third-order valence-electron chi connectivity index (χ3n) is 2.92. The van der Waals surface area contributed by atoms with Crippen LogP contribution in [0.2, 0.25) is 0 Å². The van der Waals surface area contributed by atoms with Crippen molar-refractivity contribution in [2.24, 2.45) is 0 Å². The molecular weight excluding hydrogens is 176 g/mol. The first kappa shape index (κ1) is 9.36. The minimum atomic E-state index is -1.56. The molecule has 2 aliphatic rings. The Morgan fingerprint density at radius 2 is 1.85 bits per heavy atom. The second kappa shape index (κ2) is 2.43. The van der Waals surface area contributed by atoms with Crippen molar-refractivity contribution in [1.82, 2.24) is 0 Å².